The van der Waals surface area contributed by atoms with E-state index in [4.69, 9.17) is 5.11 Å². The molecule has 1 fully saturated rings. The molecule has 2 rings (SSSR count). The predicted molar refractivity (Wildman–Crippen MR) is 63.8 cm³/mol. The number of carboxylic acids is 1. The Labute approximate surface area is 105 Å². The third-order valence-electron chi connectivity index (χ3n) is 3.22. The van der Waals surface area contributed by atoms with Gasteiger partial charge in [-0.1, -0.05) is 0 Å². The molecule has 1 amide bonds. The Bertz CT molecular complexity index is 416. The maximum absolute atomic E-state index is 12.0. The molecule has 0 bridgehead atoms. The molecule has 0 radical (unpaired) electrons. The minimum Gasteiger partial charge on any atom is -0.481 e. The molecule has 1 aromatic heterocycles. The topological polar surface area (TPSA) is 75.4 Å². The van der Waals surface area contributed by atoms with Gasteiger partial charge in [0.2, 0.25) is 5.91 Å². The van der Waals surface area contributed by atoms with Crippen LogP contribution in [0.5, 0.6) is 0 Å². The molecule has 18 heavy (non-hydrogen) atoms. The number of likely N-dealkylation sites (tertiary alicyclic amines) is 1. The zero-order chi connectivity index (χ0) is 13.0. The van der Waals surface area contributed by atoms with E-state index in [0.717, 1.165) is 12.8 Å². The van der Waals surface area contributed by atoms with E-state index < -0.39 is 5.97 Å². The summed E-state index contributed by atoms with van der Waals surface area (Å²) in [6, 6.07) is 1.68. The van der Waals surface area contributed by atoms with Gasteiger partial charge in [-0.15, -0.1) is 0 Å². The summed E-state index contributed by atoms with van der Waals surface area (Å²) in [6.45, 7) is 1.22. The average molecular weight is 251 g/mol. The zero-order valence-corrected chi connectivity index (χ0v) is 10.2. The van der Waals surface area contributed by atoms with Crippen LogP contribution in [-0.4, -0.2) is 44.3 Å². The fourth-order valence-electron chi connectivity index (χ4n) is 2.36. The van der Waals surface area contributed by atoms with Gasteiger partial charge in [0.15, 0.2) is 0 Å². The molecular weight excluding hydrogens is 234 g/mol. The second kappa shape index (κ2) is 5.66. The number of aromatic nitrogens is 2. The highest BCUT2D eigenvalue weighted by atomic mass is 16.4. The van der Waals surface area contributed by atoms with Crippen LogP contribution in [0.2, 0.25) is 0 Å². The van der Waals surface area contributed by atoms with Crippen molar-refractivity contribution in [2.45, 2.75) is 38.3 Å². The number of aryl methyl sites for hydroxylation is 1. The minimum atomic E-state index is -0.841. The van der Waals surface area contributed by atoms with E-state index in [2.05, 4.69) is 5.10 Å². The number of nitrogens with zero attached hydrogens (tertiary/aromatic N) is 3. The van der Waals surface area contributed by atoms with Gasteiger partial charge in [0.1, 0.15) is 0 Å². The molecule has 6 heteroatoms. The SMILES string of the molecule is O=C(O)CC1CCCN1C(=O)CCn1cccn1. The summed E-state index contributed by atoms with van der Waals surface area (Å²) in [5, 5.41) is 12.8. The lowest BCUT2D eigenvalue weighted by Crippen LogP contribution is -2.37. The van der Waals surface area contributed by atoms with Crippen LogP contribution in [0.3, 0.4) is 0 Å². The second-order valence-electron chi connectivity index (χ2n) is 4.50. The first-order valence-corrected chi connectivity index (χ1v) is 6.15. The Morgan fingerprint density at radius 3 is 2.94 bits per heavy atom. The predicted octanol–water partition coefficient (Wildman–Crippen LogP) is 0.739. The van der Waals surface area contributed by atoms with Crippen molar-refractivity contribution in [1.82, 2.24) is 14.7 Å². The van der Waals surface area contributed by atoms with Gasteiger partial charge in [-0.25, -0.2) is 0 Å². The quantitative estimate of drug-likeness (QED) is 0.837. The highest BCUT2D eigenvalue weighted by Crippen LogP contribution is 2.21. The normalized spacial score (nSPS) is 19.1. The molecule has 1 unspecified atom stereocenters. The molecular formula is C12H17N3O3. The van der Waals surface area contributed by atoms with E-state index in [9.17, 15) is 9.59 Å². The first-order chi connectivity index (χ1) is 8.66. The Kier molecular flexibility index (Phi) is 3.96. The first kappa shape index (κ1) is 12.6. The Balaban J connectivity index is 1.85. The fourth-order valence-corrected chi connectivity index (χ4v) is 2.36. The van der Waals surface area contributed by atoms with Crippen molar-refractivity contribution in [2.24, 2.45) is 0 Å². The molecule has 98 valence electrons. The smallest absolute Gasteiger partial charge is 0.305 e. The van der Waals surface area contributed by atoms with Gasteiger partial charge in [-0.2, -0.15) is 5.10 Å². The van der Waals surface area contributed by atoms with E-state index in [1.807, 2.05) is 12.3 Å². The van der Waals surface area contributed by atoms with Crippen LogP contribution in [0.15, 0.2) is 18.5 Å². The Hall–Kier alpha value is -1.85. The third kappa shape index (κ3) is 3.09. The number of carboxylic acid groups (broad SMARTS) is 1. The Morgan fingerprint density at radius 2 is 2.28 bits per heavy atom. The maximum Gasteiger partial charge on any atom is 0.305 e. The largest absolute Gasteiger partial charge is 0.481 e. The van der Waals surface area contributed by atoms with E-state index >= 15 is 0 Å². The molecule has 1 saturated heterocycles. The summed E-state index contributed by atoms with van der Waals surface area (Å²) < 4.78 is 1.71. The van der Waals surface area contributed by atoms with Crippen LogP contribution in [0.4, 0.5) is 0 Å². The minimum absolute atomic E-state index is 0.0225. The summed E-state index contributed by atoms with van der Waals surface area (Å²) in [4.78, 5) is 24.4. The van der Waals surface area contributed by atoms with Crippen molar-refractivity contribution < 1.29 is 14.7 Å². The first-order valence-electron chi connectivity index (χ1n) is 6.15. The lowest BCUT2D eigenvalue weighted by Gasteiger charge is -2.23. The van der Waals surface area contributed by atoms with Crippen molar-refractivity contribution in [3.63, 3.8) is 0 Å². The van der Waals surface area contributed by atoms with Crippen molar-refractivity contribution in [2.75, 3.05) is 6.54 Å². The van der Waals surface area contributed by atoms with E-state index in [0.29, 0.717) is 19.5 Å². The molecule has 0 aromatic carbocycles. The van der Waals surface area contributed by atoms with Gasteiger partial charge >= 0.3 is 5.97 Å². The molecule has 1 aromatic rings. The number of aliphatic carboxylic acids is 1. The van der Waals surface area contributed by atoms with Crippen LogP contribution in [0.25, 0.3) is 0 Å². The number of hydrogen-bond donors (Lipinski definition) is 1. The fraction of sp³-hybridized carbons (Fsp3) is 0.583. The van der Waals surface area contributed by atoms with Crippen molar-refractivity contribution in [3.8, 4) is 0 Å². The van der Waals surface area contributed by atoms with Crippen LogP contribution in [0.1, 0.15) is 25.7 Å². The van der Waals surface area contributed by atoms with Crippen LogP contribution in [0, 0.1) is 0 Å². The second-order valence-corrected chi connectivity index (χ2v) is 4.50. The molecule has 0 aliphatic carbocycles. The summed E-state index contributed by atoms with van der Waals surface area (Å²) in [6.07, 6.45) is 5.59. The van der Waals surface area contributed by atoms with Crippen molar-refractivity contribution in [3.05, 3.63) is 18.5 Å². The number of carbonyl (C=O) groups is 2. The monoisotopic (exact) mass is 251 g/mol. The molecule has 6 nitrogen and oxygen atoms in total. The maximum atomic E-state index is 12.0. The van der Waals surface area contributed by atoms with Crippen molar-refractivity contribution in [1.29, 1.82) is 0 Å². The van der Waals surface area contributed by atoms with Gasteiger partial charge in [0.05, 0.1) is 6.42 Å². The van der Waals surface area contributed by atoms with E-state index in [-0.39, 0.29) is 18.4 Å². The summed E-state index contributed by atoms with van der Waals surface area (Å²) in [7, 11) is 0. The van der Waals surface area contributed by atoms with Crippen molar-refractivity contribution >= 4 is 11.9 Å². The van der Waals surface area contributed by atoms with Crippen LogP contribution in [-0.2, 0) is 16.1 Å². The van der Waals surface area contributed by atoms with Gasteiger partial charge in [-0.3, -0.25) is 14.3 Å². The van der Waals surface area contributed by atoms with Gasteiger partial charge in [0, 0.05) is 37.9 Å². The molecule has 1 N–H and O–H groups in total. The molecule has 1 aliphatic rings. The molecule has 0 spiro atoms. The number of amides is 1. The van der Waals surface area contributed by atoms with Crippen LogP contribution >= 0.6 is 0 Å². The van der Waals surface area contributed by atoms with E-state index in [1.54, 1.807) is 15.8 Å². The number of hydrogen-bond acceptors (Lipinski definition) is 3. The highest BCUT2D eigenvalue weighted by molar-refractivity contribution is 5.78. The third-order valence-corrected chi connectivity index (χ3v) is 3.22. The summed E-state index contributed by atoms with van der Waals surface area (Å²) in [5.74, 6) is -0.818. The highest BCUT2D eigenvalue weighted by Gasteiger charge is 2.29. The van der Waals surface area contributed by atoms with Gasteiger partial charge < -0.3 is 10.0 Å². The molecule has 0 saturated carbocycles. The van der Waals surface area contributed by atoms with Gasteiger partial charge in [0.25, 0.3) is 0 Å². The Morgan fingerprint density at radius 1 is 1.44 bits per heavy atom. The number of carbonyl (C=O) groups excluding carboxylic acids is 1. The average Bonchev–Trinajstić information content (AvgIpc) is 2.95. The van der Waals surface area contributed by atoms with Gasteiger partial charge in [-0.05, 0) is 18.9 Å². The molecule has 1 aliphatic heterocycles. The van der Waals surface area contributed by atoms with E-state index in [1.165, 1.54) is 0 Å². The summed E-state index contributed by atoms with van der Waals surface area (Å²) in [5.41, 5.74) is 0. The molecule has 2 heterocycles. The standard InChI is InChI=1S/C12H17N3O3/c16-11(4-8-14-6-2-5-13-14)15-7-1-3-10(15)9-12(17)18/h2,5-6,10H,1,3-4,7-9H2,(H,17,18). The molecule has 1 atom stereocenters. The lowest BCUT2D eigenvalue weighted by molar-refractivity contribution is -0.140. The van der Waals surface area contributed by atoms with Crippen LogP contribution < -0.4 is 0 Å². The summed E-state index contributed by atoms with van der Waals surface area (Å²) >= 11 is 0. The zero-order valence-electron chi connectivity index (χ0n) is 10.2. The lowest BCUT2D eigenvalue weighted by atomic mass is 10.1. The number of rotatable bonds is 5.